The minimum absolute atomic E-state index is 0. The normalized spacial score (nSPS) is 9.52. The van der Waals surface area contributed by atoms with Crippen LogP contribution < -0.4 is 38.6 Å². The molecule has 1 nitrogen and oxygen atoms in total. The summed E-state index contributed by atoms with van der Waals surface area (Å²) in [6.07, 6.45) is 0. The Morgan fingerprint density at radius 3 is 1.04 bits per heavy atom. The molecule has 3 rings (SSSR count). The van der Waals surface area contributed by atoms with E-state index in [0.717, 1.165) is 6.54 Å². The number of hydrogen-bond acceptors (Lipinski definition) is 0. The van der Waals surface area contributed by atoms with Gasteiger partial charge in [-0.2, -0.15) is 0 Å². The van der Waals surface area contributed by atoms with Crippen molar-refractivity contribution in [2.24, 2.45) is 0 Å². The zero-order chi connectivity index (χ0) is 15.6. The fraction of sp³-hybridized carbons (Fsp3) is 0.100. The summed E-state index contributed by atoms with van der Waals surface area (Å²) in [7, 11) is -0.446. The first-order chi connectivity index (χ1) is 10.9. The predicted octanol–water partition coefficient (Wildman–Crippen LogP) is -0.303. The molecular formula is C20H23BrNP. The maximum absolute atomic E-state index is 3.49. The molecule has 3 heteroatoms. The van der Waals surface area contributed by atoms with Crippen molar-refractivity contribution >= 4 is 23.8 Å². The van der Waals surface area contributed by atoms with Crippen LogP contribution in [-0.4, -0.2) is 6.54 Å². The molecule has 0 atom stereocenters. The number of quaternary nitrogens is 1. The highest BCUT2D eigenvalue weighted by atomic mass is 79.9. The fourth-order valence-corrected chi connectivity index (χ4v) is 4.48. The van der Waals surface area contributed by atoms with Crippen LogP contribution in [0, 0.1) is 0 Å². The maximum Gasteiger partial charge on any atom is 0.0711 e. The van der Waals surface area contributed by atoms with Crippen LogP contribution in [-0.2, 0) is 0 Å². The van der Waals surface area contributed by atoms with Gasteiger partial charge in [-0.25, -0.2) is 0 Å². The lowest BCUT2D eigenvalue weighted by atomic mass is 10.4. The molecule has 120 valence electrons. The van der Waals surface area contributed by atoms with Gasteiger partial charge in [0.05, 0.1) is 6.54 Å². The van der Waals surface area contributed by atoms with E-state index >= 15 is 0 Å². The summed E-state index contributed by atoms with van der Waals surface area (Å²) >= 11 is 0. The molecule has 0 bridgehead atoms. The van der Waals surface area contributed by atoms with Gasteiger partial charge in [-0.05, 0) is 30.8 Å². The van der Waals surface area contributed by atoms with Crippen LogP contribution in [0.1, 0.15) is 6.92 Å². The van der Waals surface area contributed by atoms with E-state index in [4.69, 9.17) is 0 Å². The molecule has 0 aliphatic heterocycles. The second kappa shape index (κ2) is 11.1. The number of halogens is 1. The molecule has 0 radical (unpaired) electrons. The number of hydrogen-bond donors (Lipinski definition) is 1. The summed E-state index contributed by atoms with van der Waals surface area (Å²) in [5.41, 5.74) is 3.49. The topological polar surface area (TPSA) is 27.6 Å². The van der Waals surface area contributed by atoms with Crippen LogP contribution in [0.25, 0.3) is 0 Å². The zero-order valence-corrected chi connectivity index (χ0v) is 15.9. The van der Waals surface area contributed by atoms with Crippen molar-refractivity contribution in [2.45, 2.75) is 6.92 Å². The van der Waals surface area contributed by atoms with Crippen molar-refractivity contribution in [2.75, 3.05) is 6.54 Å². The van der Waals surface area contributed by atoms with Gasteiger partial charge in [0.15, 0.2) is 0 Å². The van der Waals surface area contributed by atoms with Crippen molar-refractivity contribution in [3.63, 3.8) is 0 Å². The van der Waals surface area contributed by atoms with Crippen LogP contribution in [0.2, 0.25) is 0 Å². The highest BCUT2D eigenvalue weighted by molar-refractivity contribution is 7.79. The lowest BCUT2D eigenvalue weighted by Gasteiger charge is -2.18. The van der Waals surface area contributed by atoms with Gasteiger partial charge < -0.3 is 22.7 Å². The number of benzene rings is 3. The van der Waals surface area contributed by atoms with Gasteiger partial charge in [0.2, 0.25) is 0 Å². The molecule has 3 aromatic rings. The van der Waals surface area contributed by atoms with Crippen molar-refractivity contribution in [3.8, 4) is 0 Å². The molecule has 0 fully saturated rings. The average Bonchev–Trinajstić information content (AvgIpc) is 2.59. The third-order valence-electron chi connectivity index (χ3n) is 3.04. The largest absolute Gasteiger partial charge is 1.00 e. The molecule has 0 heterocycles. The van der Waals surface area contributed by atoms with E-state index in [1.807, 2.05) is 6.92 Å². The molecule has 3 N–H and O–H groups in total. The van der Waals surface area contributed by atoms with E-state index < -0.39 is 7.92 Å². The van der Waals surface area contributed by atoms with E-state index in [9.17, 15) is 0 Å². The van der Waals surface area contributed by atoms with Gasteiger partial charge in [-0.3, -0.25) is 0 Å². The van der Waals surface area contributed by atoms with Gasteiger partial charge in [-0.1, -0.05) is 91.0 Å². The van der Waals surface area contributed by atoms with Crippen LogP contribution in [0.15, 0.2) is 91.0 Å². The monoisotopic (exact) mass is 387 g/mol. The molecule has 0 saturated heterocycles. The lowest BCUT2D eigenvalue weighted by molar-refractivity contribution is -0.361. The Morgan fingerprint density at radius 2 is 0.826 bits per heavy atom. The highest BCUT2D eigenvalue weighted by Crippen LogP contribution is 2.32. The Hall–Kier alpha value is -1.47. The SMILES string of the molecule is CC[NH3+].[Br-].c1ccc(P(c2ccccc2)c2ccccc2)cc1. The van der Waals surface area contributed by atoms with E-state index in [-0.39, 0.29) is 17.0 Å². The molecular weight excluding hydrogens is 365 g/mol. The second-order valence-electron chi connectivity index (χ2n) is 4.84. The first kappa shape index (κ1) is 19.6. The van der Waals surface area contributed by atoms with Gasteiger partial charge in [0.1, 0.15) is 0 Å². The zero-order valence-electron chi connectivity index (χ0n) is 13.4. The van der Waals surface area contributed by atoms with E-state index in [1.165, 1.54) is 15.9 Å². The average molecular weight is 388 g/mol. The van der Waals surface area contributed by atoms with Crippen LogP contribution in [0.3, 0.4) is 0 Å². The summed E-state index contributed by atoms with van der Waals surface area (Å²) in [4.78, 5) is 0. The van der Waals surface area contributed by atoms with Gasteiger partial charge in [0, 0.05) is 0 Å². The van der Waals surface area contributed by atoms with Crippen molar-refractivity contribution < 1.29 is 22.7 Å². The van der Waals surface area contributed by atoms with Crippen LogP contribution in [0.4, 0.5) is 0 Å². The summed E-state index contributed by atoms with van der Waals surface area (Å²) in [6.45, 7) is 3.01. The summed E-state index contributed by atoms with van der Waals surface area (Å²) < 4.78 is 0. The molecule has 0 aliphatic rings. The third-order valence-corrected chi connectivity index (χ3v) is 5.49. The molecule has 0 amide bonds. The van der Waals surface area contributed by atoms with Crippen molar-refractivity contribution in [1.82, 2.24) is 0 Å². The first-order valence-electron chi connectivity index (χ1n) is 7.61. The maximum atomic E-state index is 3.49. The predicted molar refractivity (Wildman–Crippen MR) is 98.6 cm³/mol. The molecule has 0 saturated carbocycles. The molecule has 0 unspecified atom stereocenters. The molecule has 0 aliphatic carbocycles. The Bertz CT molecular complexity index is 550. The highest BCUT2D eigenvalue weighted by Gasteiger charge is 2.14. The Morgan fingerprint density at radius 1 is 0.609 bits per heavy atom. The standard InChI is InChI=1S/C18H15P.C2H7N.BrH/c1-4-10-16(11-5-1)19(17-12-6-2-7-13-17)18-14-8-3-9-15-18;1-2-3;/h1-15H;2-3H2,1H3;1H. The van der Waals surface area contributed by atoms with E-state index in [0.29, 0.717) is 0 Å². The summed E-state index contributed by atoms with van der Waals surface area (Å²) in [5.74, 6) is 0. The van der Waals surface area contributed by atoms with Crippen LogP contribution >= 0.6 is 7.92 Å². The van der Waals surface area contributed by atoms with Gasteiger partial charge in [0.25, 0.3) is 0 Å². The summed E-state index contributed by atoms with van der Waals surface area (Å²) in [6, 6.07) is 32.3. The van der Waals surface area contributed by atoms with E-state index in [1.54, 1.807) is 0 Å². The minimum Gasteiger partial charge on any atom is -1.00 e. The molecule has 23 heavy (non-hydrogen) atoms. The lowest BCUT2D eigenvalue weighted by Crippen LogP contribution is -3.00. The van der Waals surface area contributed by atoms with Crippen molar-refractivity contribution in [1.29, 1.82) is 0 Å². The summed E-state index contributed by atoms with van der Waals surface area (Å²) in [5, 5.41) is 4.19. The Kier molecular flexibility index (Phi) is 9.47. The smallest absolute Gasteiger partial charge is 0.0711 e. The third kappa shape index (κ3) is 5.91. The quantitative estimate of drug-likeness (QED) is 0.597. The first-order valence-corrected chi connectivity index (χ1v) is 8.95. The second-order valence-corrected chi connectivity index (χ2v) is 7.06. The molecule has 0 spiro atoms. The van der Waals surface area contributed by atoms with Crippen molar-refractivity contribution in [3.05, 3.63) is 91.0 Å². The molecule has 3 aromatic carbocycles. The van der Waals surface area contributed by atoms with Gasteiger partial charge in [-0.15, -0.1) is 0 Å². The fourth-order valence-electron chi connectivity index (χ4n) is 2.18. The number of rotatable bonds is 3. The van der Waals surface area contributed by atoms with E-state index in [2.05, 4.69) is 96.7 Å². The molecule has 0 aromatic heterocycles. The Balaban J connectivity index is 0.000000615. The van der Waals surface area contributed by atoms with Gasteiger partial charge >= 0.3 is 0 Å². The Labute approximate surface area is 151 Å². The minimum atomic E-state index is -0.446. The van der Waals surface area contributed by atoms with Crippen LogP contribution in [0.5, 0.6) is 0 Å².